The lowest BCUT2D eigenvalue weighted by Crippen LogP contribution is -2.47. The predicted octanol–water partition coefficient (Wildman–Crippen LogP) is 1.17. The van der Waals surface area contributed by atoms with Gasteiger partial charge in [0.1, 0.15) is 11.6 Å². The summed E-state index contributed by atoms with van der Waals surface area (Å²) in [6, 6.07) is 0. The zero-order valence-electron chi connectivity index (χ0n) is 9.90. The van der Waals surface area contributed by atoms with Crippen LogP contribution in [0.4, 0.5) is 0 Å². The average molecular weight is 238 g/mol. The molecule has 7 aliphatic carbocycles. The quantitative estimate of drug-likeness (QED) is 0.594. The molecule has 0 aromatic rings. The maximum absolute atomic E-state index is 12.7. The van der Waals surface area contributed by atoms with E-state index in [1.807, 2.05) is 0 Å². The van der Waals surface area contributed by atoms with Gasteiger partial charge in [-0.2, -0.15) is 0 Å². The molecule has 0 heterocycles. The summed E-state index contributed by atoms with van der Waals surface area (Å²) >= 11 is 0. The molecule has 0 bridgehead atoms. The van der Waals surface area contributed by atoms with E-state index in [9.17, 15) is 9.59 Å². The van der Waals surface area contributed by atoms with Gasteiger partial charge in [0.25, 0.3) is 0 Å². The minimum Gasteiger partial charge on any atom is -0.299 e. The van der Waals surface area contributed by atoms with Crippen molar-refractivity contribution >= 4 is 11.6 Å². The van der Waals surface area contributed by atoms with Crippen molar-refractivity contribution in [2.75, 3.05) is 0 Å². The first kappa shape index (κ1) is 8.29. The van der Waals surface area contributed by atoms with Crippen LogP contribution < -0.4 is 0 Å². The lowest BCUT2D eigenvalue weighted by atomic mass is 9.59. The van der Waals surface area contributed by atoms with Gasteiger partial charge in [-0.15, -0.1) is 0 Å². The molecule has 0 spiro atoms. The summed E-state index contributed by atoms with van der Waals surface area (Å²) in [5.74, 6) is 7.25. The molecule has 0 saturated heterocycles. The monoisotopic (exact) mass is 238 g/mol. The van der Waals surface area contributed by atoms with E-state index in [0.717, 1.165) is 5.92 Å². The van der Waals surface area contributed by atoms with Crippen molar-refractivity contribution in [3.8, 4) is 0 Å². The molecule has 0 N–H and O–H groups in total. The molecule has 2 nitrogen and oxygen atoms in total. The topological polar surface area (TPSA) is 34.1 Å². The van der Waals surface area contributed by atoms with Crippen molar-refractivity contribution in [1.29, 1.82) is 0 Å². The predicted molar refractivity (Wildman–Crippen MR) is 61.0 cm³/mol. The molecular formula is C16H14O2. The first-order valence-electron chi connectivity index (χ1n) is 7.56. The number of hydrogen-bond acceptors (Lipinski definition) is 2. The maximum Gasteiger partial charge on any atom is 0.140 e. The molecule has 6 fully saturated rings. The summed E-state index contributed by atoms with van der Waals surface area (Å²) in [6.45, 7) is 0. The molecule has 2 heteroatoms. The van der Waals surface area contributed by atoms with Crippen LogP contribution in [0.25, 0.3) is 0 Å². The third kappa shape index (κ3) is 0.466. The molecule has 7 rings (SSSR count). The molecule has 12 atom stereocenters. The Morgan fingerprint density at radius 3 is 1.50 bits per heavy atom. The van der Waals surface area contributed by atoms with Crippen molar-refractivity contribution in [1.82, 2.24) is 0 Å². The van der Waals surface area contributed by atoms with Crippen LogP contribution >= 0.6 is 0 Å². The molecule has 18 heavy (non-hydrogen) atoms. The van der Waals surface area contributed by atoms with Gasteiger partial charge in [-0.3, -0.25) is 9.59 Å². The van der Waals surface area contributed by atoms with Gasteiger partial charge in [-0.05, 0) is 47.3 Å². The van der Waals surface area contributed by atoms with E-state index in [2.05, 4.69) is 12.2 Å². The fourth-order valence-electron chi connectivity index (χ4n) is 8.50. The fraction of sp³-hybridized carbons (Fsp3) is 0.750. The van der Waals surface area contributed by atoms with Crippen molar-refractivity contribution in [3.63, 3.8) is 0 Å². The van der Waals surface area contributed by atoms with Crippen LogP contribution in [0.3, 0.4) is 0 Å². The smallest absolute Gasteiger partial charge is 0.140 e. The van der Waals surface area contributed by atoms with E-state index in [0.29, 0.717) is 64.8 Å². The Balaban J connectivity index is 1.65. The van der Waals surface area contributed by atoms with E-state index in [1.165, 1.54) is 0 Å². The number of fused-ring (bicyclic) bond motifs is 3. The minimum absolute atomic E-state index is 0.184. The van der Waals surface area contributed by atoms with Crippen LogP contribution in [-0.4, -0.2) is 11.6 Å². The van der Waals surface area contributed by atoms with Crippen LogP contribution in [0.2, 0.25) is 0 Å². The Labute approximate surface area is 105 Å². The first-order chi connectivity index (χ1) is 8.80. The van der Waals surface area contributed by atoms with Crippen LogP contribution in [0.1, 0.15) is 0 Å². The van der Waals surface area contributed by atoms with Gasteiger partial charge >= 0.3 is 0 Å². The Morgan fingerprint density at radius 2 is 1.00 bits per heavy atom. The lowest BCUT2D eigenvalue weighted by molar-refractivity contribution is -0.141. The second-order valence-corrected chi connectivity index (χ2v) is 7.91. The molecular weight excluding hydrogens is 224 g/mol. The SMILES string of the molecule is O=C1[C@H]2[C@H]3C(=O)[C@H]4[C@H]5C6C7[C@@H](C=C[C@@H]74)[C@@H]1[C@@H]6[C@@H]2[C@H]35. The normalized spacial score (nSPS) is 78.0. The van der Waals surface area contributed by atoms with Crippen molar-refractivity contribution < 1.29 is 9.59 Å². The van der Waals surface area contributed by atoms with Crippen molar-refractivity contribution in [3.05, 3.63) is 12.2 Å². The van der Waals surface area contributed by atoms with Gasteiger partial charge in [0.2, 0.25) is 0 Å². The van der Waals surface area contributed by atoms with Gasteiger partial charge in [0, 0.05) is 23.7 Å². The molecule has 6 saturated carbocycles. The van der Waals surface area contributed by atoms with E-state index in [-0.39, 0.29) is 11.8 Å². The van der Waals surface area contributed by atoms with E-state index in [1.54, 1.807) is 0 Å². The van der Waals surface area contributed by atoms with Crippen LogP contribution in [0.15, 0.2) is 12.2 Å². The Hall–Kier alpha value is -0.920. The highest BCUT2D eigenvalue weighted by Gasteiger charge is 2.86. The number of rotatable bonds is 0. The lowest BCUT2D eigenvalue weighted by Gasteiger charge is -2.42. The highest BCUT2D eigenvalue weighted by molar-refractivity contribution is 6.00. The molecule has 0 amide bonds. The Kier molecular flexibility index (Phi) is 0.908. The molecule has 90 valence electrons. The van der Waals surface area contributed by atoms with E-state index in [4.69, 9.17) is 0 Å². The standard InChI is InChI=1S/C16H14O2/c17-15-6-3-1-2-4-5(3)8-9(6)11-12-10(8)7(4)16(18)14(12)13(11)15/h1-14H/t3-,4+,5?,6-,7-,8?,9+,10+,11-,12-,13-,14+/m1/s1. The summed E-state index contributed by atoms with van der Waals surface area (Å²) in [5.41, 5.74) is 0. The van der Waals surface area contributed by atoms with Crippen LogP contribution in [-0.2, 0) is 9.59 Å². The van der Waals surface area contributed by atoms with Gasteiger partial charge in [0.05, 0.1) is 0 Å². The van der Waals surface area contributed by atoms with Crippen molar-refractivity contribution in [2.45, 2.75) is 0 Å². The number of carbonyl (C=O) groups is 2. The highest BCUT2D eigenvalue weighted by Crippen LogP contribution is 2.85. The summed E-state index contributed by atoms with van der Waals surface area (Å²) < 4.78 is 0. The average Bonchev–Trinajstić information content (AvgIpc) is 2.98. The number of ketones is 2. The van der Waals surface area contributed by atoms with E-state index < -0.39 is 0 Å². The number of carbonyl (C=O) groups excluding carboxylic acids is 2. The third-order valence-corrected chi connectivity index (χ3v) is 8.30. The second-order valence-electron chi connectivity index (χ2n) is 7.91. The highest BCUT2D eigenvalue weighted by atomic mass is 16.1. The number of allylic oxidation sites excluding steroid dienone is 2. The summed E-state index contributed by atoms with van der Waals surface area (Å²) in [7, 11) is 0. The van der Waals surface area contributed by atoms with Crippen molar-refractivity contribution in [2.24, 2.45) is 71.0 Å². The summed E-state index contributed by atoms with van der Waals surface area (Å²) in [5, 5.41) is 0. The molecule has 0 aromatic heterocycles. The molecule has 0 aliphatic heterocycles. The van der Waals surface area contributed by atoms with Gasteiger partial charge < -0.3 is 0 Å². The van der Waals surface area contributed by atoms with Crippen LogP contribution in [0.5, 0.6) is 0 Å². The van der Waals surface area contributed by atoms with Gasteiger partial charge in [-0.25, -0.2) is 0 Å². The Morgan fingerprint density at radius 1 is 0.556 bits per heavy atom. The van der Waals surface area contributed by atoms with Gasteiger partial charge in [-0.1, -0.05) is 12.2 Å². The largest absolute Gasteiger partial charge is 0.299 e. The first-order valence-corrected chi connectivity index (χ1v) is 7.56. The number of hydrogen-bond donors (Lipinski definition) is 0. The summed E-state index contributed by atoms with van der Waals surface area (Å²) in [6.07, 6.45) is 4.65. The Bertz CT molecular complexity index is 554. The van der Waals surface area contributed by atoms with Crippen LogP contribution in [0, 0.1) is 71.0 Å². The molecule has 0 radical (unpaired) electrons. The molecule has 7 aliphatic rings. The fourth-order valence-corrected chi connectivity index (χ4v) is 8.50. The molecule has 0 aromatic carbocycles. The second kappa shape index (κ2) is 1.97. The number of Topliss-reactive ketones (excluding diaryl/α,β-unsaturated/α-hetero) is 2. The maximum atomic E-state index is 12.7. The summed E-state index contributed by atoms with van der Waals surface area (Å²) in [4.78, 5) is 25.4. The zero-order valence-corrected chi connectivity index (χ0v) is 9.90. The zero-order chi connectivity index (χ0) is 11.5. The van der Waals surface area contributed by atoms with Gasteiger partial charge in [0.15, 0.2) is 0 Å². The van der Waals surface area contributed by atoms with E-state index >= 15 is 0 Å². The minimum atomic E-state index is 0.184. The molecule has 2 unspecified atom stereocenters. The third-order valence-electron chi connectivity index (χ3n) is 8.30.